The Morgan fingerprint density at radius 1 is 1.23 bits per heavy atom. The van der Waals surface area contributed by atoms with Crippen LogP contribution in [0.15, 0.2) is 58.4 Å². The highest BCUT2D eigenvalue weighted by Crippen LogP contribution is 2.32. The predicted molar refractivity (Wildman–Crippen MR) is 113 cm³/mol. The minimum absolute atomic E-state index is 0.0448. The lowest BCUT2D eigenvalue weighted by Crippen LogP contribution is -2.33. The van der Waals surface area contributed by atoms with Gasteiger partial charge in [-0.25, -0.2) is 22.9 Å². The van der Waals surface area contributed by atoms with E-state index in [0.29, 0.717) is 17.4 Å². The van der Waals surface area contributed by atoms with E-state index in [1.165, 1.54) is 47.4 Å². The van der Waals surface area contributed by atoms with Gasteiger partial charge in [0.05, 0.1) is 16.3 Å². The minimum Gasteiger partial charge on any atom is -0.324 e. The van der Waals surface area contributed by atoms with E-state index in [4.69, 9.17) is 5.14 Å². The van der Waals surface area contributed by atoms with Crippen molar-refractivity contribution in [1.82, 2.24) is 4.90 Å². The van der Waals surface area contributed by atoms with E-state index in [0.717, 1.165) is 11.8 Å². The maximum absolute atomic E-state index is 13.7. The van der Waals surface area contributed by atoms with Crippen LogP contribution < -0.4 is 10.5 Å². The van der Waals surface area contributed by atoms with Crippen molar-refractivity contribution in [2.24, 2.45) is 10.1 Å². The van der Waals surface area contributed by atoms with Crippen molar-refractivity contribution in [1.29, 1.82) is 0 Å². The number of nitrogens with zero attached hydrogens (tertiary/aromatic N) is 2. The summed E-state index contributed by atoms with van der Waals surface area (Å²) in [6, 6.07) is 11.4. The number of nitrogens with two attached hydrogens (primary N) is 1. The van der Waals surface area contributed by atoms with Gasteiger partial charge in [-0.1, -0.05) is 23.9 Å². The SMILES string of the molecule is CCN1C(=O)C(CC(=O)Nc2ccccc2F)SC1=Nc1ccc(S(N)(=O)=O)cc1. The molecule has 0 bridgehead atoms. The summed E-state index contributed by atoms with van der Waals surface area (Å²) in [5, 5.41) is 7.25. The van der Waals surface area contributed by atoms with Gasteiger partial charge in [-0.2, -0.15) is 0 Å². The number of primary sulfonamides is 1. The molecule has 0 aliphatic carbocycles. The lowest BCUT2D eigenvalue weighted by atomic mass is 10.2. The second kappa shape index (κ2) is 8.94. The molecule has 11 heteroatoms. The number of benzene rings is 2. The van der Waals surface area contributed by atoms with Crippen molar-refractivity contribution in [3.05, 3.63) is 54.3 Å². The van der Waals surface area contributed by atoms with E-state index in [-0.39, 0.29) is 22.9 Å². The quantitative estimate of drug-likeness (QED) is 0.700. The summed E-state index contributed by atoms with van der Waals surface area (Å²) in [6.45, 7) is 2.13. The summed E-state index contributed by atoms with van der Waals surface area (Å²) < 4.78 is 36.4. The highest BCUT2D eigenvalue weighted by Gasteiger charge is 2.38. The summed E-state index contributed by atoms with van der Waals surface area (Å²) in [5.74, 6) is -1.32. The Balaban J connectivity index is 1.73. The molecule has 2 aromatic rings. The fourth-order valence-corrected chi connectivity index (χ4v) is 4.51. The molecule has 0 radical (unpaired) electrons. The second-order valence-electron chi connectivity index (χ2n) is 6.35. The number of aliphatic imine (C=N–C) groups is 1. The van der Waals surface area contributed by atoms with E-state index >= 15 is 0 Å². The van der Waals surface area contributed by atoms with Crippen LogP contribution in [0.3, 0.4) is 0 Å². The Kier molecular flexibility index (Phi) is 6.54. The first-order chi connectivity index (χ1) is 14.2. The average molecular weight is 451 g/mol. The van der Waals surface area contributed by atoms with Crippen LogP contribution in [0, 0.1) is 5.82 Å². The highest BCUT2D eigenvalue weighted by molar-refractivity contribution is 8.15. The van der Waals surface area contributed by atoms with Gasteiger partial charge in [-0.15, -0.1) is 0 Å². The summed E-state index contributed by atoms with van der Waals surface area (Å²) >= 11 is 1.13. The third-order valence-corrected chi connectivity index (χ3v) is 6.35. The van der Waals surface area contributed by atoms with E-state index in [2.05, 4.69) is 10.3 Å². The van der Waals surface area contributed by atoms with Crippen LogP contribution in [0.5, 0.6) is 0 Å². The molecule has 1 unspecified atom stereocenters. The van der Waals surface area contributed by atoms with Gasteiger partial charge in [-0.05, 0) is 43.3 Å². The summed E-state index contributed by atoms with van der Waals surface area (Å²) in [5.41, 5.74) is 0.488. The molecule has 1 heterocycles. The molecule has 1 aliphatic heterocycles. The second-order valence-corrected chi connectivity index (χ2v) is 9.09. The summed E-state index contributed by atoms with van der Waals surface area (Å²) in [4.78, 5) is 30.7. The number of amides is 2. The smallest absolute Gasteiger partial charge is 0.242 e. The maximum atomic E-state index is 13.7. The van der Waals surface area contributed by atoms with Crippen LogP contribution in [0.2, 0.25) is 0 Å². The van der Waals surface area contributed by atoms with Crippen molar-refractivity contribution in [2.75, 3.05) is 11.9 Å². The van der Waals surface area contributed by atoms with Crippen LogP contribution in [0.25, 0.3) is 0 Å². The van der Waals surface area contributed by atoms with E-state index < -0.39 is 27.0 Å². The number of hydrogen-bond acceptors (Lipinski definition) is 6. The molecule has 1 atom stereocenters. The zero-order chi connectivity index (χ0) is 21.9. The minimum atomic E-state index is -3.81. The molecule has 3 N–H and O–H groups in total. The number of para-hydroxylation sites is 1. The van der Waals surface area contributed by atoms with Crippen molar-refractivity contribution >= 4 is 50.1 Å². The third kappa shape index (κ3) is 5.04. The van der Waals surface area contributed by atoms with Crippen molar-refractivity contribution in [2.45, 2.75) is 23.5 Å². The molecule has 30 heavy (non-hydrogen) atoms. The topological polar surface area (TPSA) is 122 Å². The standard InChI is InChI=1S/C19H19FN4O4S2/c1-2-24-18(26)16(11-17(25)23-15-6-4-3-5-14(15)20)29-19(24)22-12-7-9-13(10-8-12)30(21,27)28/h3-10,16H,2,11H2,1H3,(H,23,25)(H2,21,27,28). The number of amidine groups is 1. The molecule has 2 amide bonds. The molecule has 158 valence electrons. The van der Waals surface area contributed by atoms with Crippen LogP contribution >= 0.6 is 11.8 Å². The summed E-state index contributed by atoms with van der Waals surface area (Å²) in [6.07, 6.45) is -0.141. The number of carbonyl (C=O) groups excluding carboxylic acids is 2. The molecule has 3 rings (SSSR count). The Morgan fingerprint density at radius 2 is 1.90 bits per heavy atom. The molecule has 8 nitrogen and oxygen atoms in total. The predicted octanol–water partition coefficient (Wildman–Crippen LogP) is 2.45. The Labute approximate surface area is 177 Å². The average Bonchev–Trinajstić information content (AvgIpc) is 2.97. The molecule has 0 aromatic heterocycles. The summed E-state index contributed by atoms with van der Waals surface area (Å²) in [7, 11) is -3.81. The number of hydrogen-bond donors (Lipinski definition) is 2. The van der Waals surface area contributed by atoms with Crippen LogP contribution in [-0.4, -0.2) is 42.1 Å². The lowest BCUT2D eigenvalue weighted by Gasteiger charge is -2.13. The maximum Gasteiger partial charge on any atom is 0.242 e. The Hall–Kier alpha value is -2.76. The zero-order valence-corrected chi connectivity index (χ0v) is 17.5. The highest BCUT2D eigenvalue weighted by atomic mass is 32.2. The number of rotatable bonds is 6. The largest absolute Gasteiger partial charge is 0.324 e. The Bertz CT molecular complexity index is 1100. The monoisotopic (exact) mass is 450 g/mol. The number of anilines is 1. The molecule has 2 aromatic carbocycles. The third-order valence-electron chi connectivity index (χ3n) is 4.25. The fraction of sp³-hybridized carbons (Fsp3) is 0.211. The number of nitrogens with one attached hydrogen (secondary N) is 1. The van der Waals surface area contributed by atoms with Gasteiger partial charge >= 0.3 is 0 Å². The number of sulfonamides is 1. The number of halogens is 1. The van der Waals surface area contributed by atoms with Crippen molar-refractivity contribution in [3.8, 4) is 0 Å². The van der Waals surface area contributed by atoms with E-state index in [9.17, 15) is 22.4 Å². The first-order valence-electron chi connectivity index (χ1n) is 8.93. The van der Waals surface area contributed by atoms with E-state index in [1.807, 2.05) is 0 Å². The van der Waals surface area contributed by atoms with Crippen molar-refractivity contribution in [3.63, 3.8) is 0 Å². The van der Waals surface area contributed by atoms with Gasteiger partial charge in [0.15, 0.2) is 5.17 Å². The first-order valence-corrected chi connectivity index (χ1v) is 11.4. The van der Waals surface area contributed by atoms with Crippen LogP contribution in [0.4, 0.5) is 15.8 Å². The number of carbonyl (C=O) groups is 2. The molecular weight excluding hydrogens is 431 g/mol. The van der Waals surface area contributed by atoms with E-state index in [1.54, 1.807) is 13.0 Å². The fourth-order valence-electron chi connectivity index (χ4n) is 2.77. The zero-order valence-electron chi connectivity index (χ0n) is 15.9. The molecule has 0 spiro atoms. The van der Waals surface area contributed by atoms with Crippen LogP contribution in [-0.2, 0) is 19.6 Å². The van der Waals surface area contributed by atoms with Gasteiger partial charge in [0.2, 0.25) is 21.8 Å². The van der Waals surface area contributed by atoms with Gasteiger partial charge in [0, 0.05) is 13.0 Å². The Morgan fingerprint density at radius 3 is 2.50 bits per heavy atom. The lowest BCUT2D eigenvalue weighted by molar-refractivity contribution is -0.128. The van der Waals surface area contributed by atoms with Crippen molar-refractivity contribution < 1.29 is 22.4 Å². The molecular formula is C19H19FN4O4S2. The number of thioether (sulfide) groups is 1. The van der Waals surface area contributed by atoms with Gasteiger partial charge < -0.3 is 5.32 Å². The molecule has 1 saturated heterocycles. The van der Waals surface area contributed by atoms with Gasteiger partial charge in [0.25, 0.3) is 0 Å². The van der Waals surface area contributed by atoms with Crippen LogP contribution in [0.1, 0.15) is 13.3 Å². The first kappa shape index (κ1) is 21.9. The van der Waals surface area contributed by atoms with Gasteiger partial charge in [0.1, 0.15) is 11.1 Å². The molecule has 1 fully saturated rings. The van der Waals surface area contributed by atoms with Gasteiger partial charge in [-0.3, -0.25) is 14.5 Å². The molecule has 1 aliphatic rings. The normalized spacial score (nSPS) is 18.1. The molecule has 0 saturated carbocycles.